The lowest BCUT2D eigenvalue weighted by atomic mass is 9.76. The summed E-state index contributed by atoms with van der Waals surface area (Å²) in [4.78, 5) is 33.4. The minimum absolute atomic E-state index is 0.0531. The number of amidine groups is 1. The highest BCUT2D eigenvalue weighted by Crippen LogP contribution is 2.41. The molecule has 0 radical (unpaired) electrons. The first-order valence-electron chi connectivity index (χ1n) is 13.5. The molecule has 2 aliphatic heterocycles. The lowest BCUT2D eigenvalue weighted by molar-refractivity contribution is -0.146. The first kappa shape index (κ1) is 30.5. The first-order chi connectivity index (χ1) is 20.0. The van der Waals surface area contributed by atoms with Gasteiger partial charge in [0.2, 0.25) is 10.0 Å². The quantitative estimate of drug-likeness (QED) is 0.308. The summed E-state index contributed by atoms with van der Waals surface area (Å²) in [6, 6.07) is 1.06. The Morgan fingerprint density at radius 3 is 2.57 bits per heavy atom. The summed E-state index contributed by atoms with van der Waals surface area (Å²) in [5, 5.41) is 14.1. The minimum Gasteiger partial charge on any atom is -0.481 e. The second kappa shape index (κ2) is 12.3. The van der Waals surface area contributed by atoms with Crippen LogP contribution in [-0.4, -0.2) is 66.0 Å². The Labute approximate surface area is 250 Å². The van der Waals surface area contributed by atoms with E-state index in [-0.39, 0.29) is 48.4 Å². The third-order valence-electron chi connectivity index (χ3n) is 7.85. The molecular weight excluding hydrogens is 614 g/mol. The number of hydrogen-bond donors (Lipinski definition) is 2. The van der Waals surface area contributed by atoms with Crippen molar-refractivity contribution in [2.24, 2.45) is 22.7 Å². The van der Waals surface area contributed by atoms with Gasteiger partial charge in [-0.3, -0.25) is 9.79 Å². The number of piperidine rings is 1. The van der Waals surface area contributed by atoms with E-state index in [9.17, 15) is 26.8 Å². The van der Waals surface area contributed by atoms with Crippen LogP contribution in [0.15, 0.2) is 40.0 Å². The Bertz CT molecular complexity index is 1540. The number of carboxylic acids is 1. The average Bonchev–Trinajstić information content (AvgIpc) is 3.48. The lowest BCUT2D eigenvalue weighted by Crippen LogP contribution is -2.45. The number of nitrogens with zero attached hydrogens (tertiary/aromatic N) is 3. The van der Waals surface area contributed by atoms with Gasteiger partial charge >= 0.3 is 11.9 Å². The number of hydrogen-bond acceptors (Lipinski definition) is 9. The fourth-order valence-corrected chi connectivity index (χ4v) is 8.34. The summed E-state index contributed by atoms with van der Waals surface area (Å²) in [5.41, 5.74) is 0.604. The summed E-state index contributed by atoms with van der Waals surface area (Å²) >= 11 is 7.53. The molecule has 226 valence electrons. The molecule has 5 rings (SSSR count). The van der Waals surface area contributed by atoms with Crippen LogP contribution in [0.2, 0.25) is 5.02 Å². The van der Waals surface area contributed by atoms with Crippen LogP contribution in [0.3, 0.4) is 0 Å². The van der Waals surface area contributed by atoms with Crippen molar-refractivity contribution in [1.82, 2.24) is 14.6 Å². The van der Waals surface area contributed by atoms with E-state index in [4.69, 9.17) is 21.4 Å². The molecule has 2 N–H and O–H groups in total. The predicted molar refractivity (Wildman–Crippen MR) is 151 cm³/mol. The maximum atomic E-state index is 14.6. The van der Waals surface area contributed by atoms with Gasteiger partial charge in [-0.25, -0.2) is 31.3 Å². The molecule has 10 nitrogen and oxygen atoms in total. The zero-order valence-corrected chi connectivity index (χ0v) is 24.9. The number of aliphatic imine (C=N–C) groups is 1. The molecule has 42 heavy (non-hydrogen) atoms. The Kier molecular flexibility index (Phi) is 8.97. The van der Waals surface area contributed by atoms with Crippen molar-refractivity contribution in [3.05, 3.63) is 62.2 Å². The van der Waals surface area contributed by atoms with Crippen LogP contribution in [0.5, 0.6) is 0 Å². The molecule has 0 bridgehead atoms. The number of carboxylic acid groups (broad SMARTS) is 1. The third kappa shape index (κ3) is 6.08. The van der Waals surface area contributed by atoms with Gasteiger partial charge in [0, 0.05) is 41.8 Å². The van der Waals surface area contributed by atoms with Crippen LogP contribution in [0.4, 0.5) is 8.78 Å². The number of carbonyl (C=O) groups is 2. The van der Waals surface area contributed by atoms with Crippen LogP contribution < -0.4 is 5.32 Å². The SMILES string of the molecule is CCOC(=O)C1=C(C2CCN(S(=O)(=O)CC3CC(C(=O)O)C3)CC2)NC(c2nccs2)=NC1c1ccc(F)c(F)c1Cl. The molecule has 1 saturated carbocycles. The van der Waals surface area contributed by atoms with Gasteiger partial charge in [-0.05, 0) is 44.6 Å². The zero-order chi connectivity index (χ0) is 30.2. The van der Waals surface area contributed by atoms with Crippen molar-refractivity contribution in [2.45, 2.75) is 38.6 Å². The number of rotatable bonds is 9. The Morgan fingerprint density at radius 2 is 1.95 bits per heavy atom. The van der Waals surface area contributed by atoms with Gasteiger partial charge in [0.15, 0.2) is 22.5 Å². The molecule has 2 fully saturated rings. The molecule has 1 aromatic heterocycles. The van der Waals surface area contributed by atoms with Crippen LogP contribution in [0.25, 0.3) is 0 Å². The van der Waals surface area contributed by atoms with Crippen LogP contribution in [-0.2, 0) is 24.3 Å². The van der Waals surface area contributed by atoms with E-state index in [2.05, 4.69) is 15.3 Å². The Morgan fingerprint density at radius 1 is 1.24 bits per heavy atom. The largest absolute Gasteiger partial charge is 0.481 e. The molecule has 1 aromatic carbocycles. The van der Waals surface area contributed by atoms with E-state index >= 15 is 0 Å². The number of ether oxygens (including phenoxy) is 1. The highest BCUT2D eigenvalue weighted by Gasteiger charge is 2.41. The van der Waals surface area contributed by atoms with Crippen LogP contribution in [0.1, 0.15) is 49.2 Å². The van der Waals surface area contributed by atoms with Gasteiger partial charge in [-0.15, -0.1) is 11.3 Å². The van der Waals surface area contributed by atoms with E-state index in [0.29, 0.717) is 42.2 Å². The van der Waals surface area contributed by atoms with Gasteiger partial charge in [0.05, 0.1) is 28.9 Å². The van der Waals surface area contributed by atoms with Crippen LogP contribution in [0, 0.1) is 29.4 Å². The fraction of sp³-hybridized carbons (Fsp3) is 0.481. The van der Waals surface area contributed by atoms with Gasteiger partial charge in [-0.2, -0.15) is 0 Å². The maximum Gasteiger partial charge on any atom is 0.338 e. The molecule has 2 aromatic rings. The van der Waals surface area contributed by atoms with E-state index in [0.717, 1.165) is 6.07 Å². The Balaban J connectivity index is 1.45. The smallest absolute Gasteiger partial charge is 0.338 e. The summed E-state index contributed by atoms with van der Waals surface area (Å²) in [6.45, 7) is 2.06. The number of benzene rings is 1. The van der Waals surface area contributed by atoms with E-state index < -0.39 is 50.6 Å². The molecule has 1 aliphatic carbocycles. The number of aliphatic carboxylic acids is 1. The second-order valence-electron chi connectivity index (χ2n) is 10.5. The number of sulfonamides is 1. The zero-order valence-electron chi connectivity index (χ0n) is 22.6. The molecule has 1 saturated heterocycles. The second-order valence-corrected chi connectivity index (χ2v) is 13.8. The van der Waals surface area contributed by atoms with Gasteiger partial charge < -0.3 is 15.2 Å². The molecular formula is C27H29ClF2N4O6S2. The monoisotopic (exact) mass is 642 g/mol. The predicted octanol–water partition coefficient (Wildman–Crippen LogP) is 4.14. The first-order valence-corrected chi connectivity index (χ1v) is 16.4. The van der Waals surface area contributed by atoms with Crippen molar-refractivity contribution in [3.63, 3.8) is 0 Å². The number of nitrogens with one attached hydrogen (secondary N) is 1. The molecule has 1 atom stereocenters. The van der Waals surface area contributed by atoms with Crippen molar-refractivity contribution in [3.8, 4) is 0 Å². The summed E-state index contributed by atoms with van der Waals surface area (Å²) < 4.78 is 61.5. The number of thiazole rings is 1. The molecule has 15 heteroatoms. The number of halogens is 3. The van der Waals surface area contributed by atoms with Gasteiger partial charge in [0.1, 0.15) is 6.04 Å². The number of aromatic nitrogens is 1. The van der Waals surface area contributed by atoms with Crippen molar-refractivity contribution in [2.75, 3.05) is 25.4 Å². The normalized spacial score (nSPS) is 23.6. The molecule has 1 unspecified atom stereocenters. The highest BCUT2D eigenvalue weighted by molar-refractivity contribution is 7.89. The van der Waals surface area contributed by atoms with Crippen molar-refractivity contribution >= 4 is 50.7 Å². The summed E-state index contributed by atoms with van der Waals surface area (Å²) in [6.07, 6.45) is 2.99. The van der Waals surface area contributed by atoms with Gasteiger partial charge in [0.25, 0.3) is 0 Å². The highest BCUT2D eigenvalue weighted by atomic mass is 35.5. The molecule has 0 spiro atoms. The molecule has 3 heterocycles. The van der Waals surface area contributed by atoms with Crippen molar-refractivity contribution in [1.29, 1.82) is 0 Å². The van der Waals surface area contributed by atoms with Crippen molar-refractivity contribution < 1.29 is 36.6 Å². The fourth-order valence-electron chi connectivity index (χ4n) is 5.65. The van der Waals surface area contributed by atoms with E-state index in [1.54, 1.807) is 18.5 Å². The Hall–Kier alpha value is -2.94. The van der Waals surface area contributed by atoms with E-state index in [1.165, 1.54) is 21.7 Å². The van der Waals surface area contributed by atoms with Crippen LogP contribution >= 0.6 is 22.9 Å². The number of allylic oxidation sites excluding steroid dienone is 1. The lowest BCUT2D eigenvalue weighted by Gasteiger charge is -2.38. The topological polar surface area (TPSA) is 138 Å². The molecule has 0 amide bonds. The average molecular weight is 643 g/mol. The summed E-state index contributed by atoms with van der Waals surface area (Å²) in [7, 11) is -3.61. The summed E-state index contributed by atoms with van der Waals surface area (Å²) in [5.74, 6) is -4.81. The van der Waals surface area contributed by atoms with Gasteiger partial charge in [-0.1, -0.05) is 17.7 Å². The number of esters is 1. The molecule has 3 aliphatic rings. The van der Waals surface area contributed by atoms with E-state index in [1.807, 2.05) is 0 Å². The standard InChI is InChI=1S/C27H29ClF2N4O6S2/c1-2-40-27(37)19-22(15-5-8-34(9-6-15)42(38,39)13-14-11-16(12-14)26(35)36)32-24(25-31-7-10-41-25)33-23(19)17-3-4-18(29)21(30)20(17)28/h3-4,7,10,14-16,23H,2,5-6,8-9,11-13H2,1H3,(H,32,33)(H,35,36). The number of carbonyl (C=O) groups excluding carboxylic acids is 1. The minimum atomic E-state index is -3.61. The third-order valence-corrected chi connectivity index (χ3v) is 11.1. The maximum absolute atomic E-state index is 14.6.